The number of carbonyl (C=O) groups excluding carboxylic acids is 1. The summed E-state index contributed by atoms with van der Waals surface area (Å²) in [5.41, 5.74) is 0.667. The lowest BCUT2D eigenvalue weighted by Crippen LogP contribution is -2.03. The molecule has 0 spiro atoms. The van der Waals surface area contributed by atoms with Crippen molar-refractivity contribution in [2.75, 3.05) is 7.11 Å². The van der Waals surface area contributed by atoms with Crippen LogP contribution in [0.5, 0.6) is 0 Å². The third-order valence-corrected chi connectivity index (χ3v) is 2.66. The van der Waals surface area contributed by atoms with E-state index in [2.05, 4.69) is 4.74 Å². The van der Waals surface area contributed by atoms with Gasteiger partial charge in [0.25, 0.3) is 0 Å². The Bertz CT molecular complexity index is 363. The average molecular weight is 235 g/mol. The van der Waals surface area contributed by atoms with E-state index in [1.165, 1.54) is 19.2 Å². The molecule has 0 atom stereocenters. The van der Waals surface area contributed by atoms with Gasteiger partial charge in [0.1, 0.15) is 0 Å². The Morgan fingerprint density at radius 2 is 2.07 bits per heavy atom. The molecule has 1 aromatic rings. The first-order valence-corrected chi connectivity index (χ1v) is 4.53. The molecule has 0 bridgehead atoms. The fourth-order valence-corrected chi connectivity index (χ4v) is 1.47. The predicted octanol–water partition coefficient (Wildman–Crippen LogP) is 2.27. The van der Waals surface area contributed by atoms with Crippen LogP contribution >= 0.6 is 23.2 Å². The third-order valence-electron chi connectivity index (χ3n) is 1.74. The number of rotatable bonds is 2. The zero-order chi connectivity index (χ0) is 10.7. The lowest BCUT2D eigenvalue weighted by Gasteiger charge is -2.06. The lowest BCUT2D eigenvalue weighted by atomic mass is 10.1. The van der Waals surface area contributed by atoms with Gasteiger partial charge in [-0.05, 0) is 11.6 Å². The van der Waals surface area contributed by atoms with E-state index in [1.54, 1.807) is 0 Å². The summed E-state index contributed by atoms with van der Waals surface area (Å²) in [6.07, 6.45) is 0. The lowest BCUT2D eigenvalue weighted by molar-refractivity contribution is 0.0601. The second-order valence-electron chi connectivity index (χ2n) is 2.55. The molecule has 5 heteroatoms. The molecule has 0 aromatic heterocycles. The van der Waals surface area contributed by atoms with Crippen LogP contribution in [0.2, 0.25) is 10.0 Å². The molecule has 0 aliphatic carbocycles. The minimum atomic E-state index is -0.554. The Hall–Kier alpha value is -0.770. The first-order valence-electron chi connectivity index (χ1n) is 3.77. The molecule has 0 aliphatic rings. The van der Waals surface area contributed by atoms with Crippen molar-refractivity contribution in [2.45, 2.75) is 6.61 Å². The van der Waals surface area contributed by atoms with Crippen molar-refractivity contribution in [1.82, 2.24) is 0 Å². The zero-order valence-electron chi connectivity index (χ0n) is 7.38. The largest absolute Gasteiger partial charge is 0.465 e. The van der Waals surface area contributed by atoms with Crippen LogP contribution in [0.25, 0.3) is 0 Å². The molecule has 14 heavy (non-hydrogen) atoms. The molecule has 0 heterocycles. The molecular weight excluding hydrogens is 227 g/mol. The molecule has 0 fully saturated rings. The number of methoxy groups -OCH3 is 1. The van der Waals surface area contributed by atoms with Crippen molar-refractivity contribution >= 4 is 29.2 Å². The summed E-state index contributed by atoms with van der Waals surface area (Å²) in [4.78, 5) is 11.2. The minimum absolute atomic E-state index is 0.102. The molecule has 1 N–H and O–H groups in total. The summed E-state index contributed by atoms with van der Waals surface area (Å²) in [5, 5.41) is 9.15. The Balaban J connectivity index is 3.24. The number of aliphatic hydroxyl groups excluding tert-OH is 1. The van der Waals surface area contributed by atoms with Gasteiger partial charge in [0, 0.05) is 0 Å². The Morgan fingerprint density at radius 3 is 2.57 bits per heavy atom. The van der Waals surface area contributed by atoms with Crippen LogP contribution in [0.1, 0.15) is 15.9 Å². The smallest absolute Gasteiger partial charge is 0.339 e. The van der Waals surface area contributed by atoms with E-state index in [0.717, 1.165) is 0 Å². The fourth-order valence-electron chi connectivity index (χ4n) is 0.979. The molecule has 76 valence electrons. The van der Waals surface area contributed by atoms with E-state index in [0.29, 0.717) is 5.56 Å². The Kier molecular flexibility index (Phi) is 3.75. The molecule has 0 amide bonds. The first-order chi connectivity index (χ1) is 6.61. The van der Waals surface area contributed by atoms with E-state index in [4.69, 9.17) is 28.3 Å². The van der Waals surface area contributed by atoms with Crippen LogP contribution < -0.4 is 0 Å². The van der Waals surface area contributed by atoms with E-state index < -0.39 is 5.97 Å². The van der Waals surface area contributed by atoms with Crippen LogP contribution in [0.4, 0.5) is 0 Å². The van der Waals surface area contributed by atoms with Gasteiger partial charge in [-0.2, -0.15) is 0 Å². The molecule has 1 rings (SSSR count). The highest BCUT2D eigenvalue weighted by Crippen LogP contribution is 2.29. The molecule has 0 saturated heterocycles. The summed E-state index contributed by atoms with van der Waals surface area (Å²) < 4.78 is 4.50. The number of ether oxygens (including phenoxy) is 1. The van der Waals surface area contributed by atoms with Gasteiger partial charge in [-0.15, -0.1) is 0 Å². The maximum absolute atomic E-state index is 11.2. The van der Waals surface area contributed by atoms with Crippen LogP contribution in [-0.4, -0.2) is 18.2 Å². The molecular formula is C9H8Cl2O3. The van der Waals surface area contributed by atoms with Gasteiger partial charge < -0.3 is 9.84 Å². The van der Waals surface area contributed by atoms with E-state index in [-0.39, 0.29) is 22.2 Å². The van der Waals surface area contributed by atoms with Crippen LogP contribution in [0, 0.1) is 0 Å². The van der Waals surface area contributed by atoms with Crippen molar-refractivity contribution in [1.29, 1.82) is 0 Å². The van der Waals surface area contributed by atoms with Gasteiger partial charge in [-0.25, -0.2) is 4.79 Å². The van der Waals surface area contributed by atoms with Crippen molar-refractivity contribution in [3.63, 3.8) is 0 Å². The highest BCUT2D eigenvalue weighted by Gasteiger charge is 2.15. The molecule has 0 saturated carbocycles. The van der Waals surface area contributed by atoms with Gasteiger partial charge in [0.2, 0.25) is 0 Å². The predicted molar refractivity (Wildman–Crippen MR) is 53.7 cm³/mol. The topological polar surface area (TPSA) is 46.5 Å². The van der Waals surface area contributed by atoms with Crippen molar-refractivity contribution in [3.8, 4) is 0 Å². The molecule has 0 radical (unpaired) electrons. The van der Waals surface area contributed by atoms with Gasteiger partial charge in [-0.3, -0.25) is 0 Å². The summed E-state index contributed by atoms with van der Waals surface area (Å²) >= 11 is 11.6. The monoisotopic (exact) mass is 234 g/mol. The molecule has 1 aromatic carbocycles. The highest BCUT2D eigenvalue weighted by atomic mass is 35.5. The summed E-state index contributed by atoms with van der Waals surface area (Å²) in [6, 6.07) is 2.99. The average Bonchev–Trinajstić information content (AvgIpc) is 2.21. The van der Waals surface area contributed by atoms with E-state index in [1.807, 2.05) is 0 Å². The number of carbonyl (C=O) groups is 1. The second-order valence-corrected chi connectivity index (χ2v) is 3.31. The number of esters is 1. The highest BCUT2D eigenvalue weighted by molar-refractivity contribution is 6.44. The van der Waals surface area contributed by atoms with Crippen LogP contribution in [0.3, 0.4) is 0 Å². The minimum Gasteiger partial charge on any atom is -0.465 e. The summed E-state index contributed by atoms with van der Waals surface area (Å²) in [7, 11) is 1.26. The Morgan fingerprint density at radius 1 is 1.43 bits per heavy atom. The van der Waals surface area contributed by atoms with Crippen molar-refractivity contribution in [3.05, 3.63) is 33.3 Å². The van der Waals surface area contributed by atoms with Crippen molar-refractivity contribution < 1.29 is 14.6 Å². The SMILES string of the molecule is COC(=O)c1ccc(CO)c(Cl)c1Cl. The Labute approximate surface area is 91.2 Å². The quantitative estimate of drug-likeness (QED) is 0.799. The molecule has 0 unspecified atom stereocenters. The second kappa shape index (κ2) is 4.64. The van der Waals surface area contributed by atoms with Gasteiger partial charge in [0.15, 0.2) is 0 Å². The number of benzene rings is 1. The fraction of sp³-hybridized carbons (Fsp3) is 0.222. The van der Waals surface area contributed by atoms with Gasteiger partial charge in [0.05, 0.1) is 29.3 Å². The van der Waals surface area contributed by atoms with Gasteiger partial charge >= 0.3 is 5.97 Å². The number of hydrogen-bond acceptors (Lipinski definition) is 3. The third kappa shape index (κ3) is 2.00. The summed E-state index contributed by atoms with van der Waals surface area (Å²) in [5.74, 6) is -0.554. The van der Waals surface area contributed by atoms with Gasteiger partial charge in [-0.1, -0.05) is 29.3 Å². The standard InChI is InChI=1S/C9H8Cl2O3/c1-14-9(13)6-3-2-5(4-12)7(10)8(6)11/h2-3,12H,4H2,1H3. The van der Waals surface area contributed by atoms with Crippen LogP contribution in [0.15, 0.2) is 12.1 Å². The van der Waals surface area contributed by atoms with E-state index in [9.17, 15) is 4.79 Å². The van der Waals surface area contributed by atoms with E-state index >= 15 is 0 Å². The van der Waals surface area contributed by atoms with Crippen LogP contribution in [-0.2, 0) is 11.3 Å². The number of halogens is 2. The molecule has 0 aliphatic heterocycles. The first kappa shape index (κ1) is 11.3. The molecule has 3 nitrogen and oxygen atoms in total. The summed E-state index contributed by atoms with van der Waals surface area (Å²) in [6.45, 7) is -0.222. The van der Waals surface area contributed by atoms with Crippen molar-refractivity contribution in [2.24, 2.45) is 0 Å². The maximum Gasteiger partial charge on any atom is 0.339 e. The normalized spacial score (nSPS) is 10.0. The maximum atomic E-state index is 11.2. The number of aliphatic hydroxyl groups is 1. The number of hydrogen-bond donors (Lipinski definition) is 1. The zero-order valence-corrected chi connectivity index (χ0v) is 8.89.